The van der Waals surface area contributed by atoms with Crippen LogP contribution in [-0.4, -0.2) is 136 Å². The van der Waals surface area contributed by atoms with Gasteiger partial charge < -0.3 is 168 Å². The summed E-state index contributed by atoms with van der Waals surface area (Å²) < 4.78 is 462. The van der Waals surface area contributed by atoms with Crippen molar-refractivity contribution in [2.24, 2.45) is 5.10 Å². The number of carboxylic acids is 1. The van der Waals surface area contributed by atoms with Gasteiger partial charge in [0.25, 0.3) is 0 Å². The Kier molecular flexibility index (Phi) is 57.3. The summed E-state index contributed by atoms with van der Waals surface area (Å²) in [6.45, 7) is -6.97. The Bertz CT molecular complexity index is 2940. The van der Waals surface area contributed by atoms with Crippen molar-refractivity contribution in [2.75, 3.05) is 12.5 Å². The van der Waals surface area contributed by atoms with Crippen molar-refractivity contribution in [3.8, 4) is 0 Å². The van der Waals surface area contributed by atoms with Gasteiger partial charge >= 0.3 is 164 Å². The van der Waals surface area contributed by atoms with Crippen molar-refractivity contribution in [1.29, 1.82) is 0 Å². The minimum Gasteiger partial charge on any atom is -1.00 e. The Morgan fingerprint density at radius 2 is 0.857 bits per heavy atom. The zero-order chi connectivity index (χ0) is 74.2. The molecule has 1 aromatic carbocycles. The van der Waals surface area contributed by atoms with E-state index in [1.165, 1.54) is 18.1 Å². The fourth-order valence-corrected chi connectivity index (χ4v) is 6.81. The predicted molar refractivity (Wildman–Crippen MR) is 243 cm³/mol. The Hall–Kier alpha value is -0.623. The van der Waals surface area contributed by atoms with Crippen molar-refractivity contribution in [3.05, 3.63) is 50.9 Å². The molecule has 0 heterocycles. The number of carboxylic acid groups (broad SMARTS) is 1. The van der Waals surface area contributed by atoms with Crippen LogP contribution in [0.5, 0.6) is 0 Å². The molecular formula is C22H27AlBBrCl5F28IN4O20P3S5-17. The van der Waals surface area contributed by atoms with Crippen LogP contribution in [0.3, 0.4) is 0 Å². The molecule has 568 valence electrons. The first-order valence-electron chi connectivity index (χ1n) is 16.5. The summed E-state index contributed by atoms with van der Waals surface area (Å²) in [6.07, 6.45) is -15.5. The number of rotatable bonds is 6. The molecule has 0 aliphatic carbocycles. The first kappa shape index (κ1) is 127. The molecule has 91 heavy (non-hydrogen) atoms. The van der Waals surface area contributed by atoms with E-state index < -0.39 is 138 Å². The van der Waals surface area contributed by atoms with Crippen LogP contribution in [0.2, 0.25) is 0 Å². The number of hydrogen-bond acceptors (Lipinski definition) is 21. The van der Waals surface area contributed by atoms with Crippen molar-refractivity contribution < 1.29 is 264 Å². The third-order valence-corrected chi connectivity index (χ3v) is 12.5. The smallest absolute Gasteiger partial charge is 0.564 e. The van der Waals surface area contributed by atoms with Crippen LogP contribution in [0, 0.1) is 13.5 Å². The Labute approximate surface area is 545 Å². The number of aliphatic carboxylic acids is 1. The first-order chi connectivity index (χ1) is 35.4. The summed E-state index contributed by atoms with van der Waals surface area (Å²) in [7, 11) is -28.8. The number of hydrogen-bond donors (Lipinski definition) is 0. The van der Waals surface area contributed by atoms with Gasteiger partial charge in [-0.05, 0) is 26.0 Å². The predicted octanol–water partition coefficient (Wildman–Crippen LogP) is 1.38. The standard InChI is InChI=1S/C7H8O3S.C6H3F15P.C2H3F3NO4S2.C2N3.C2H4O2.CH4O3S.2CH4.Al.BF4.BrH.5ClH.F6P.HI.H3O4P.H2O4S/c1-6-2-4-7(5-3-6)11(8,9)10;1-2(7,8)22(19,20,21,5(15,16)3(9,10)11)6(17,18)4(12,13)14;1-11(7,8)6-12(9,10)2(3,4)5;1-4-5-2-3;1-2(3)4;1-5(2,3)4;;;;2-1(3,4)5;;;;;;;1-7(2,3,4,5)6;;2*1-5(2,3)4/h2-5H,1H3,(H,8,9,10);1H3;1H3;;1H3,(H,3,4);1H3,(H,2,3,4);2*1H4;;;6*1H;;1H;(H3,1,2,3,4);(H2,1,2,3,4)/q;3*-1;;;;;+3;-1;;;;;;;-1;;;/p-15. The average Bonchev–Trinajstić information content (AvgIpc) is 3.04. The number of alkyl halides is 15. The van der Waals surface area contributed by atoms with E-state index in [1.807, 2.05) is 6.92 Å². The van der Waals surface area contributed by atoms with Crippen molar-refractivity contribution in [2.45, 2.75) is 75.4 Å². The maximum Gasteiger partial charge on any atom is 0.564 e. The fourth-order valence-electron chi connectivity index (χ4n) is 2.16. The van der Waals surface area contributed by atoms with E-state index in [0.29, 0.717) is 6.26 Å². The second-order valence-corrected chi connectivity index (χ2v) is 39.7. The van der Waals surface area contributed by atoms with Gasteiger partial charge in [0.05, 0.1) is 25.0 Å². The molecule has 24 nitrogen and oxygen atoms in total. The summed E-state index contributed by atoms with van der Waals surface area (Å²) in [5, 5.41) is 18.9. The van der Waals surface area contributed by atoms with E-state index in [0.717, 1.165) is 12.5 Å². The SMILES string of the molecule is C.C.CC(=O)[O-].CC(F)(F)[P-](F)(F)(F)(C(F)(F)C(F)(F)F)C(F)(F)C(F)(F)F.CS(=O)(=O)[N-]S(=O)(=O)C(F)(F)F.CS(=O)(=O)[O-].Cc1ccc(S(=O)(=O)[O-])cc1.F[B-](F)(F)F.F[P-](F)(F)(F)(F)F.O=P([O-])([O-])[O-].O=S(=O)([O-])[O-].[Br-].[C-]#[N+]N=C=[N-].[Cl-].[Cl][Al-]([Cl])([Cl])[Cl].[I-]. The van der Waals surface area contributed by atoms with Gasteiger partial charge in [0.1, 0.15) is 10.1 Å². The molecule has 0 atom stereocenters. The second-order valence-electron chi connectivity index (χ2n) is 12.5. The second kappa shape index (κ2) is 41.1. The molecular weight excluding hydrogens is 1850 g/mol. The fraction of sp³-hybridized carbons (Fsp3) is 0.591. The number of benzene rings is 1. The average molecular weight is 1870 g/mol. The van der Waals surface area contributed by atoms with Crippen LogP contribution < -0.4 is 73.2 Å². The van der Waals surface area contributed by atoms with Crippen molar-refractivity contribution in [1.82, 2.24) is 0 Å². The normalized spacial score (nSPS) is 13.6. The summed E-state index contributed by atoms with van der Waals surface area (Å²) in [5.41, 5.74) is -30.4. The van der Waals surface area contributed by atoms with Crippen LogP contribution in [0.15, 0.2) is 34.3 Å². The summed E-state index contributed by atoms with van der Waals surface area (Å²) in [4.78, 5) is 36.7. The third kappa shape index (κ3) is 75.0. The maximum absolute atomic E-state index is 13.7. The van der Waals surface area contributed by atoms with Gasteiger partial charge in [-0.2, -0.15) is 21.0 Å². The van der Waals surface area contributed by atoms with E-state index in [1.54, 1.807) is 16.3 Å². The van der Waals surface area contributed by atoms with Gasteiger partial charge in [0.2, 0.25) is 0 Å². The zero-order valence-electron chi connectivity index (χ0n) is 40.5. The van der Waals surface area contributed by atoms with Crippen molar-refractivity contribution in [3.63, 3.8) is 0 Å². The molecule has 0 amide bonds. The van der Waals surface area contributed by atoms with Crippen LogP contribution in [-0.2, 0) is 60.0 Å². The number of sulfonamides is 2. The Balaban J connectivity index is -0.0000000565. The molecule has 0 aliphatic rings. The van der Waals surface area contributed by atoms with Gasteiger partial charge in [-0.25, -0.2) is 45.2 Å². The number of carbonyl (C=O) groups excluding carboxylic acids is 1. The summed E-state index contributed by atoms with van der Waals surface area (Å²) in [6, 6.07) is 7.07. The first-order valence-corrected chi connectivity index (χ1v) is 37.2. The van der Waals surface area contributed by atoms with E-state index in [9.17, 15) is 151 Å². The topological polar surface area (TPSA) is 442 Å². The maximum atomic E-state index is 13.3. The zero-order valence-corrected chi connectivity index (χ0v) is 56.0. The number of phosphoric acid groups is 1. The van der Waals surface area contributed by atoms with Crippen LogP contribution in [0.1, 0.15) is 34.3 Å². The molecule has 0 unspecified atom stereocenters. The molecule has 0 aliphatic heterocycles. The largest absolute Gasteiger partial charge is 1.00 e. The molecule has 1 rings (SSSR count). The van der Waals surface area contributed by atoms with Gasteiger partial charge in [0.15, 0.2) is 10.0 Å². The number of aryl methyl sites for hydroxylation is 1. The van der Waals surface area contributed by atoms with Gasteiger partial charge in [-0.15, -0.1) is 0 Å². The molecule has 0 saturated heterocycles. The summed E-state index contributed by atoms with van der Waals surface area (Å²) in [5.74, 6) is -1.08. The van der Waals surface area contributed by atoms with Gasteiger partial charge in [-0.3, -0.25) is 8.42 Å². The van der Waals surface area contributed by atoms with E-state index >= 15 is 0 Å². The molecule has 0 aromatic heterocycles. The Morgan fingerprint density at radius 3 is 0.934 bits per heavy atom. The molecule has 1 aromatic rings. The van der Waals surface area contributed by atoms with Crippen LogP contribution in [0.4, 0.5) is 121 Å². The molecule has 0 saturated carbocycles. The summed E-state index contributed by atoms with van der Waals surface area (Å²) >= 11 is 0. The van der Waals surface area contributed by atoms with Gasteiger partial charge in [0, 0.05) is 28.9 Å². The molecule has 0 radical (unpaired) electrons. The molecule has 0 bridgehead atoms. The molecule has 0 spiro atoms. The molecule has 0 N–H and O–H groups in total. The number of halogens is 35. The minimum absolute atomic E-state index is 0. The third-order valence-electron chi connectivity index (χ3n) is 4.65. The molecule has 69 heteroatoms. The van der Waals surface area contributed by atoms with Gasteiger partial charge in [-0.1, -0.05) is 43.7 Å². The molecule has 0 fully saturated rings. The van der Waals surface area contributed by atoms with E-state index in [2.05, 4.69) is 10.1 Å². The minimum atomic E-state index is -13.7. The number of carbonyl (C=O) groups is 1. The van der Waals surface area contributed by atoms with Crippen LogP contribution >= 0.6 is 62.7 Å². The number of nitrogens with zero attached hydrogens (tertiary/aromatic N) is 4. The van der Waals surface area contributed by atoms with Crippen LogP contribution in [0.25, 0.3) is 14.5 Å². The van der Waals surface area contributed by atoms with E-state index in [4.69, 9.17) is 112 Å². The monoisotopic (exact) mass is 1870 g/mol. The quantitative estimate of drug-likeness (QED) is 0.0447. The van der Waals surface area contributed by atoms with Crippen molar-refractivity contribution >= 4 is 142 Å². The Morgan fingerprint density at radius 1 is 0.681 bits per heavy atom. The van der Waals surface area contributed by atoms with E-state index in [-0.39, 0.29) is 79.4 Å².